The first-order chi connectivity index (χ1) is 12.6. The Balaban J connectivity index is 0.00000261. The molecule has 7 nitrogen and oxygen atoms in total. The van der Waals surface area contributed by atoms with Crippen molar-refractivity contribution in [1.82, 2.24) is 25.0 Å². The molecule has 1 atom stereocenters. The summed E-state index contributed by atoms with van der Waals surface area (Å²) in [4.78, 5) is 7.01. The third-order valence-corrected chi connectivity index (χ3v) is 4.76. The van der Waals surface area contributed by atoms with Gasteiger partial charge in [0.15, 0.2) is 11.8 Å². The number of nitrogens with one attached hydrogen (secondary N) is 1. The van der Waals surface area contributed by atoms with Gasteiger partial charge in [-0.25, -0.2) is 4.99 Å². The molecule has 148 valence electrons. The van der Waals surface area contributed by atoms with E-state index in [1.807, 2.05) is 36.7 Å². The summed E-state index contributed by atoms with van der Waals surface area (Å²) in [7, 11) is 4.06. The van der Waals surface area contributed by atoms with Gasteiger partial charge in [-0.05, 0) is 18.9 Å². The SMILES string of the molecule is Cc1nnc(CNC(=NCc2ccccc2)N(C)CC2CCOC2)n1C.I. The van der Waals surface area contributed by atoms with Gasteiger partial charge in [-0.2, -0.15) is 0 Å². The summed E-state index contributed by atoms with van der Waals surface area (Å²) in [5, 5.41) is 11.8. The average molecular weight is 484 g/mol. The van der Waals surface area contributed by atoms with E-state index in [4.69, 9.17) is 9.73 Å². The molecule has 0 spiro atoms. The van der Waals surface area contributed by atoms with E-state index in [9.17, 15) is 0 Å². The van der Waals surface area contributed by atoms with Crippen LogP contribution in [0, 0.1) is 12.8 Å². The fraction of sp³-hybridized carbons (Fsp3) is 0.526. The van der Waals surface area contributed by atoms with Crippen LogP contribution in [0.2, 0.25) is 0 Å². The number of hydrogen-bond acceptors (Lipinski definition) is 4. The minimum Gasteiger partial charge on any atom is -0.381 e. The minimum absolute atomic E-state index is 0. The molecule has 3 rings (SSSR count). The van der Waals surface area contributed by atoms with E-state index in [0.717, 1.165) is 43.8 Å². The molecule has 1 aliphatic heterocycles. The van der Waals surface area contributed by atoms with Crippen LogP contribution in [-0.4, -0.2) is 52.4 Å². The Morgan fingerprint density at radius 3 is 2.74 bits per heavy atom. The molecule has 1 aromatic carbocycles. The summed E-state index contributed by atoms with van der Waals surface area (Å²) in [5.74, 6) is 3.23. The van der Waals surface area contributed by atoms with Crippen molar-refractivity contribution in [3.63, 3.8) is 0 Å². The molecule has 1 N–H and O–H groups in total. The number of aliphatic imine (C=N–C) groups is 1. The topological polar surface area (TPSA) is 67.6 Å². The molecule has 8 heteroatoms. The predicted octanol–water partition coefficient (Wildman–Crippen LogP) is 2.36. The number of hydrogen-bond donors (Lipinski definition) is 1. The molecule has 0 amide bonds. The number of guanidine groups is 1. The van der Waals surface area contributed by atoms with Crippen LogP contribution in [0.5, 0.6) is 0 Å². The average Bonchev–Trinajstić information content (AvgIpc) is 3.27. The summed E-state index contributed by atoms with van der Waals surface area (Å²) in [6, 6.07) is 10.3. The second kappa shape index (κ2) is 10.6. The smallest absolute Gasteiger partial charge is 0.194 e. The van der Waals surface area contributed by atoms with E-state index >= 15 is 0 Å². The molecule has 0 aliphatic carbocycles. The molecule has 1 fully saturated rings. The molecule has 1 unspecified atom stereocenters. The van der Waals surface area contributed by atoms with E-state index < -0.39 is 0 Å². The molecular formula is C19H29IN6O. The maximum absolute atomic E-state index is 5.51. The molecule has 2 aromatic rings. The van der Waals surface area contributed by atoms with Gasteiger partial charge in [-0.1, -0.05) is 30.3 Å². The lowest BCUT2D eigenvalue weighted by Gasteiger charge is -2.24. The summed E-state index contributed by atoms with van der Waals surface area (Å²) in [6.45, 7) is 5.81. The zero-order chi connectivity index (χ0) is 18.4. The first-order valence-electron chi connectivity index (χ1n) is 9.09. The lowest BCUT2D eigenvalue weighted by molar-refractivity contribution is 0.181. The first kappa shape index (κ1) is 21.6. The molecule has 1 saturated heterocycles. The van der Waals surface area contributed by atoms with Crippen molar-refractivity contribution in [3.8, 4) is 0 Å². The Labute approximate surface area is 178 Å². The zero-order valence-corrected chi connectivity index (χ0v) is 18.6. The largest absolute Gasteiger partial charge is 0.381 e. The van der Waals surface area contributed by atoms with E-state index in [1.165, 1.54) is 5.56 Å². The molecule has 1 aliphatic rings. The minimum atomic E-state index is 0. The quantitative estimate of drug-likeness (QED) is 0.388. The Morgan fingerprint density at radius 2 is 2.11 bits per heavy atom. The van der Waals surface area contributed by atoms with Crippen molar-refractivity contribution in [1.29, 1.82) is 0 Å². The van der Waals surface area contributed by atoms with Crippen molar-refractivity contribution in [2.75, 3.05) is 26.8 Å². The summed E-state index contributed by atoms with van der Waals surface area (Å²) in [6.07, 6.45) is 1.11. The van der Waals surface area contributed by atoms with Gasteiger partial charge in [0.05, 0.1) is 19.7 Å². The summed E-state index contributed by atoms with van der Waals surface area (Å²) in [5.41, 5.74) is 1.19. The number of rotatable bonds is 6. The number of nitrogens with zero attached hydrogens (tertiary/aromatic N) is 5. The zero-order valence-electron chi connectivity index (χ0n) is 16.3. The van der Waals surface area contributed by atoms with Crippen LogP contribution in [0.4, 0.5) is 0 Å². The number of benzene rings is 1. The molecule has 27 heavy (non-hydrogen) atoms. The third kappa shape index (κ3) is 6.17. The van der Waals surface area contributed by atoms with Crippen LogP contribution in [0.15, 0.2) is 35.3 Å². The molecule has 2 heterocycles. The highest BCUT2D eigenvalue weighted by atomic mass is 127. The van der Waals surface area contributed by atoms with Gasteiger partial charge < -0.3 is 19.5 Å². The van der Waals surface area contributed by atoms with Crippen molar-refractivity contribution < 1.29 is 4.74 Å². The first-order valence-corrected chi connectivity index (χ1v) is 9.09. The summed E-state index contributed by atoms with van der Waals surface area (Å²) >= 11 is 0. The van der Waals surface area contributed by atoms with E-state index in [-0.39, 0.29) is 24.0 Å². The normalized spacial score (nSPS) is 16.9. The molecule has 0 saturated carbocycles. The van der Waals surface area contributed by atoms with Gasteiger partial charge >= 0.3 is 0 Å². The van der Waals surface area contributed by atoms with Crippen molar-refractivity contribution in [2.45, 2.75) is 26.4 Å². The molecule has 0 bridgehead atoms. The van der Waals surface area contributed by atoms with Crippen LogP contribution < -0.4 is 5.32 Å². The molecular weight excluding hydrogens is 455 g/mol. The van der Waals surface area contributed by atoms with Gasteiger partial charge in [-0.15, -0.1) is 34.2 Å². The van der Waals surface area contributed by atoms with Crippen molar-refractivity contribution in [3.05, 3.63) is 47.5 Å². The van der Waals surface area contributed by atoms with Gasteiger partial charge in [0.1, 0.15) is 5.82 Å². The van der Waals surface area contributed by atoms with Crippen LogP contribution in [0.3, 0.4) is 0 Å². The molecule has 0 radical (unpaired) electrons. The van der Waals surface area contributed by atoms with E-state index in [1.54, 1.807) is 0 Å². The van der Waals surface area contributed by atoms with Gasteiger partial charge in [-0.3, -0.25) is 0 Å². The lowest BCUT2D eigenvalue weighted by atomic mass is 10.1. The number of halogens is 1. The molecule has 1 aromatic heterocycles. The van der Waals surface area contributed by atoms with Crippen LogP contribution in [0.25, 0.3) is 0 Å². The van der Waals surface area contributed by atoms with Crippen LogP contribution in [0.1, 0.15) is 23.6 Å². The number of aryl methyl sites for hydroxylation is 1. The predicted molar refractivity (Wildman–Crippen MR) is 117 cm³/mol. The highest BCUT2D eigenvalue weighted by molar-refractivity contribution is 14.0. The van der Waals surface area contributed by atoms with Gasteiger partial charge in [0, 0.05) is 33.2 Å². The highest BCUT2D eigenvalue weighted by Crippen LogP contribution is 2.13. The Hall–Kier alpha value is -1.68. The summed E-state index contributed by atoms with van der Waals surface area (Å²) < 4.78 is 7.50. The van der Waals surface area contributed by atoms with Crippen molar-refractivity contribution in [2.24, 2.45) is 18.0 Å². The Bertz CT molecular complexity index is 727. The van der Waals surface area contributed by atoms with E-state index in [2.05, 4.69) is 39.6 Å². The van der Waals surface area contributed by atoms with E-state index in [0.29, 0.717) is 19.0 Å². The Morgan fingerprint density at radius 1 is 1.33 bits per heavy atom. The maximum Gasteiger partial charge on any atom is 0.194 e. The van der Waals surface area contributed by atoms with Gasteiger partial charge in [0.25, 0.3) is 0 Å². The fourth-order valence-electron chi connectivity index (χ4n) is 3.03. The van der Waals surface area contributed by atoms with Crippen LogP contribution >= 0.6 is 24.0 Å². The van der Waals surface area contributed by atoms with Gasteiger partial charge in [0.2, 0.25) is 0 Å². The Kier molecular flexibility index (Phi) is 8.49. The fourth-order valence-corrected chi connectivity index (χ4v) is 3.03. The standard InChI is InChI=1S/C19H28N6O.HI/c1-15-22-23-18(25(15)3)12-21-19(20-11-16-7-5-4-6-8-16)24(2)13-17-9-10-26-14-17;/h4-8,17H,9-14H2,1-3H3,(H,20,21);1H. The van der Waals surface area contributed by atoms with Crippen molar-refractivity contribution >= 4 is 29.9 Å². The highest BCUT2D eigenvalue weighted by Gasteiger charge is 2.19. The van der Waals surface area contributed by atoms with Crippen LogP contribution in [-0.2, 0) is 24.9 Å². The maximum atomic E-state index is 5.51. The second-order valence-corrected chi connectivity index (χ2v) is 6.81. The monoisotopic (exact) mass is 484 g/mol. The number of ether oxygens (including phenoxy) is 1. The second-order valence-electron chi connectivity index (χ2n) is 6.81. The number of aromatic nitrogens is 3. The lowest BCUT2D eigenvalue weighted by Crippen LogP contribution is -2.41. The third-order valence-electron chi connectivity index (χ3n) is 4.76.